The van der Waals surface area contributed by atoms with Gasteiger partial charge in [-0.05, 0) is 80.7 Å². The second-order valence-electron chi connectivity index (χ2n) is 8.65. The Morgan fingerprint density at radius 1 is 1.23 bits per heavy atom. The summed E-state index contributed by atoms with van der Waals surface area (Å²) < 4.78 is 15.1. The molecule has 0 unspecified atom stereocenters. The van der Waals surface area contributed by atoms with Crippen LogP contribution in [0.4, 0.5) is 21.6 Å². The number of thiophene rings is 1. The van der Waals surface area contributed by atoms with E-state index in [2.05, 4.69) is 15.1 Å². The number of hydrogen-bond acceptors (Lipinski definition) is 5. The summed E-state index contributed by atoms with van der Waals surface area (Å²) in [4.78, 5) is 36.7. The van der Waals surface area contributed by atoms with Crippen LogP contribution in [0.5, 0.6) is 0 Å². The third-order valence-corrected chi connectivity index (χ3v) is 7.25. The molecule has 4 rings (SSSR count). The van der Waals surface area contributed by atoms with Gasteiger partial charge in [0.05, 0.1) is 10.6 Å². The van der Waals surface area contributed by atoms with Crippen LogP contribution < -0.4 is 15.1 Å². The third kappa shape index (κ3) is 4.29. The van der Waals surface area contributed by atoms with E-state index in [1.165, 1.54) is 28.5 Å². The van der Waals surface area contributed by atoms with Gasteiger partial charge < -0.3 is 15.1 Å². The van der Waals surface area contributed by atoms with E-state index in [1.54, 1.807) is 43.9 Å². The SMILES string of the molecule is [C-]#[N+]c1ncc(N2C(=O)C(C)(C)N(c3ccc(CNC(=O)c4sccc4C)c(F)c3)C2=S)cc1C. The first-order valence-electron chi connectivity index (χ1n) is 10.7. The van der Waals surface area contributed by atoms with Crippen molar-refractivity contribution in [1.29, 1.82) is 0 Å². The summed E-state index contributed by atoms with van der Waals surface area (Å²) in [5, 5.41) is 4.77. The maximum Gasteiger partial charge on any atom is 0.272 e. The number of hydrogen-bond donors (Lipinski definition) is 1. The summed E-state index contributed by atoms with van der Waals surface area (Å²) in [6.45, 7) is 14.2. The van der Waals surface area contributed by atoms with E-state index in [1.807, 2.05) is 18.4 Å². The Bertz CT molecular complexity index is 1410. The molecule has 0 bridgehead atoms. The van der Waals surface area contributed by atoms with Crippen LogP contribution in [0.15, 0.2) is 41.9 Å². The molecule has 1 fully saturated rings. The van der Waals surface area contributed by atoms with Crippen LogP contribution in [0.2, 0.25) is 0 Å². The number of amides is 2. The Kier molecular flexibility index (Phi) is 6.40. The number of carbonyl (C=O) groups excluding carboxylic acids is 2. The van der Waals surface area contributed by atoms with E-state index in [0.717, 1.165) is 5.56 Å². The highest BCUT2D eigenvalue weighted by Crippen LogP contribution is 2.37. The predicted molar refractivity (Wildman–Crippen MR) is 139 cm³/mol. The molecule has 0 saturated carbocycles. The van der Waals surface area contributed by atoms with Gasteiger partial charge in [0.1, 0.15) is 17.6 Å². The Labute approximate surface area is 212 Å². The van der Waals surface area contributed by atoms with Crippen molar-refractivity contribution in [3.05, 3.63) is 80.7 Å². The smallest absolute Gasteiger partial charge is 0.272 e. The summed E-state index contributed by atoms with van der Waals surface area (Å²) in [5.74, 6) is -0.810. The summed E-state index contributed by atoms with van der Waals surface area (Å²) in [6.07, 6.45) is 1.44. The highest BCUT2D eigenvalue weighted by Gasteiger charge is 2.50. The lowest BCUT2D eigenvalue weighted by atomic mass is 10.0. The fraction of sp³-hybridized carbons (Fsp3) is 0.240. The van der Waals surface area contributed by atoms with Crippen LogP contribution in [0.25, 0.3) is 4.85 Å². The van der Waals surface area contributed by atoms with Crippen LogP contribution in [0.1, 0.15) is 40.2 Å². The van der Waals surface area contributed by atoms with Gasteiger partial charge in [0.2, 0.25) is 0 Å². The molecule has 1 N–H and O–H groups in total. The van der Waals surface area contributed by atoms with Gasteiger partial charge in [-0.1, -0.05) is 12.6 Å². The molecule has 1 saturated heterocycles. The van der Waals surface area contributed by atoms with Crippen LogP contribution in [-0.2, 0) is 11.3 Å². The monoisotopic (exact) mass is 507 g/mol. The molecule has 0 aliphatic carbocycles. The summed E-state index contributed by atoms with van der Waals surface area (Å²) >= 11 is 6.98. The number of carbonyl (C=O) groups is 2. The lowest BCUT2D eigenvalue weighted by Gasteiger charge is -2.29. The first-order chi connectivity index (χ1) is 16.6. The van der Waals surface area contributed by atoms with E-state index in [4.69, 9.17) is 18.8 Å². The number of pyridine rings is 1. The minimum atomic E-state index is -1.08. The van der Waals surface area contributed by atoms with Crippen LogP contribution >= 0.6 is 23.6 Å². The van der Waals surface area contributed by atoms with Gasteiger partial charge in [-0.25, -0.2) is 4.39 Å². The Hall–Kier alpha value is -3.68. The standard InChI is InChI=1S/C25H22FN5O2S2/c1-14-8-9-35-20(14)22(32)29-12-16-6-7-17(11-19(16)26)31-24(34)30(23(33)25(31,3)4)18-10-15(2)21(27-5)28-13-18/h6-11,13H,12H2,1-4H3,(H,29,32). The minimum absolute atomic E-state index is 0.0273. The van der Waals surface area contributed by atoms with E-state index >= 15 is 4.39 Å². The fourth-order valence-corrected chi connectivity index (χ4v) is 5.29. The van der Waals surface area contributed by atoms with Crippen molar-refractivity contribution in [2.75, 3.05) is 9.80 Å². The largest absolute Gasteiger partial charge is 0.360 e. The summed E-state index contributed by atoms with van der Waals surface area (Å²) in [6, 6.07) is 8.11. The number of aryl methyl sites for hydroxylation is 2. The van der Waals surface area contributed by atoms with Crippen molar-refractivity contribution in [3.8, 4) is 0 Å². The molecule has 7 nitrogen and oxygen atoms in total. The molecule has 1 aromatic carbocycles. The zero-order chi connectivity index (χ0) is 25.5. The second-order valence-corrected chi connectivity index (χ2v) is 9.94. The molecular formula is C25H22FN5O2S2. The highest BCUT2D eigenvalue weighted by molar-refractivity contribution is 7.81. The Morgan fingerprint density at radius 3 is 2.57 bits per heavy atom. The van der Waals surface area contributed by atoms with Crippen molar-refractivity contribution in [2.24, 2.45) is 0 Å². The topological polar surface area (TPSA) is 69.9 Å². The quantitative estimate of drug-likeness (QED) is 0.375. The molecule has 35 heavy (non-hydrogen) atoms. The second kappa shape index (κ2) is 9.17. The van der Waals surface area contributed by atoms with Crippen LogP contribution in [-0.4, -0.2) is 27.4 Å². The molecule has 1 aliphatic rings. The number of halogens is 1. The summed E-state index contributed by atoms with van der Waals surface area (Å²) in [5.41, 5.74) is 1.60. The van der Waals surface area contributed by atoms with Gasteiger partial charge in [0.25, 0.3) is 17.6 Å². The van der Waals surface area contributed by atoms with Crippen molar-refractivity contribution in [1.82, 2.24) is 10.3 Å². The highest BCUT2D eigenvalue weighted by atomic mass is 32.1. The van der Waals surface area contributed by atoms with Crippen molar-refractivity contribution < 1.29 is 14.0 Å². The Morgan fingerprint density at radius 2 is 1.97 bits per heavy atom. The molecule has 2 amide bonds. The molecule has 3 aromatic rings. The molecule has 1 aliphatic heterocycles. The van der Waals surface area contributed by atoms with Gasteiger partial charge in [-0.2, -0.15) is 0 Å². The van der Waals surface area contributed by atoms with Gasteiger partial charge >= 0.3 is 0 Å². The molecule has 3 heterocycles. The molecule has 178 valence electrons. The van der Waals surface area contributed by atoms with E-state index in [0.29, 0.717) is 27.4 Å². The number of aromatic nitrogens is 1. The number of thiocarbonyl (C=S) groups is 1. The number of benzene rings is 1. The van der Waals surface area contributed by atoms with E-state index in [9.17, 15) is 9.59 Å². The lowest BCUT2D eigenvalue weighted by Crippen LogP contribution is -2.44. The van der Waals surface area contributed by atoms with Gasteiger partial charge in [0, 0.05) is 17.8 Å². The Balaban J connectivity index is 1.59. The molecule has 0 radical (unpaired) electrons. The average Bonchev–Trinajstić information content (AvgIpc) is 3.31. The lowest BCUT2D eigenvalue weighted by molar-refractivity contribution is -0.120. The van der Waals surface area contributed by atoms with Crippen molar-refractivity contribution in [3.63, 3.8) is 0 Å². The zero-order valence-electron chi connectivity index (χ0n) is 19.5. The van der Waals surface area contributed by atoms with Gasteiger partial charge in [-0.3, -0.25) is 14.5 Å². The van der Waals surface area contributed by atoms with Crippen LogP contribution in [0, 0.1) is 26.2 Å². The maximum absolute atomic E-state index is 15.1. The number of nitrogens with zero attached hydrogens (tertiary/aromatic N) is 4. The fourth-order valence-electron chi connectivity index (χ4n) is 3.93. The zero-order valence-corrected chi connectivity index (χ0v) is 21.2. The first kappa shape index (κ1) is 24.4. The van der Waals surface area contributed by atoms with Crippen molar-refractivity contribution >= 4 is 57.7 Å². The molecule has 2 aromatic heterocycles. The molecular weight excluding hydrogens is 485 g/mol. The minimum Gasteiger partial charge on any atom is -0.360 e. The molecule has 10 heteroatoms. The van der Waals surface area contributed by atoms with E-state index in [-0.39, 0.29) is 29.3 Å². The molecule has 0 atom stereocenters. The normalized spacial score (nSPS) is 14.9. The summed E-state index contributed by atoms with van der Waals surface area (Å²) in [7, 11) is 0. The number of anilines is 2. The third-order valence-electron chi connectivity index (χ3n) is 5.87. The first-order valence-corrected chi connectivity index (χ1v) is 12.0. The van der Waals surface area contributed by atoms with Crippen LogP contribution in [0.3, 0.4) is 0 Å². The van der Waals surface area contributed by atoms with Gasteiger partial charge in [0.15, 0.2) is 5.11 Å². The maximum atomic E-state index is 15.1. The van der Waals surface area contributed by atoms with Gasteiger partial charge in [-0.15, -0.1) is 16.3 Å². The van der Waals surface area contributed by atoms with Crippen molar-refractivity contribution in [2.45, 2.75) is 39.8 Å². The number of nitrogens with one attached hydrogen (secondary N) is 1. The van der Waals surface area contributed by atoms with E-state index < -0.39 is 11.4 Å². The average molecular weight is 508 g/mol. The predicted octanol–water partition coefficient (Wildman–Crippen LogP) is 5.30. The molecule has 0 spiro atoms. The number of rotatable bonds is 5.